The Labute approximate surface area is 152 Å². The van der Waals surface area contributed by atoms with Crippen molar-refractivity contribution in [3.63, 3.8) is 0 Å². The van der Waals surface area contributed by atoms with E-state index in [-0.39, 0.29) is 12.4 Å². The zero-order chi connectivity index (χ0) is 18.4. The summed E-state index contributed by atoms with van der Waals surface area (Å²) in [6.45, 7) is 2.71. The number of hydrazine groups is 1. The Bertz CT molecular complexity index is 785. The number of hydrogen-bond donors (Lipinski definition) is 3. The molecule has 1 aromatic heterocycles. The SMILES string of the molecule is CCCNC(=O)NNC(=O)c1ccc(COc2ccc3c(c2)CCC3)o1. The molecular formula is C19H23N3O4. The van der Waals surface area contributed by atoms with Crippen LogP contribution in [0.5, 0.6) is 5.75 Å². The second-order valence-corrected chi connectivity index (χ2v) is 6.17. The van der Waals surface area contributed by atoms with Gasteiger partial charge in [0.2, 0.25) is 0 Å². The minimum atomic E-state index is -0.527. The van der Waals surface area contributed by atoms with Crippen molar-refractivity contribution in [2.75, 3.05) is 6.54 Å². The highest BCUT2D eigenvalue weighted by Gasteiger charge is 2.14. The van der Waals surface area contributed by atoms with E-state index in [4.69, 9.17) is 9.15 Å². The Kier molecular flexibility index (Phi) is 5.78. The summed E-state index contributed by atoms with van der Waals surface area (Å²) in [5, 5.41) is 2.59. The molecule has 0 saturated carbocycles. The van der Waals surface area contributed by atoms with Crippen LogP contribution in [0.3, 0.4) is 0 Å². The molecule has 0 saturated heterocycles. The molecule has 0 aliphatic heterocycles. The van der Waals surface area contributed by atoms with Crippen LogP contribution < -0.4 is 20.9 Å². The van der Waals surface area contributed by atoms with Crippen LogP contribution in [0.25, 0.3) is 0 Å². The molecule has 7 nitrogen and oxygen atoms in total. The highest BCUT2D eigenvalue weighted by Crippen LogP contribution is 2.26. The number of fused-ring (bicyclic) bond motifs is 1. The van der Waals surface area contributed by atoms with Crippen LogP contribution in [-0.4, -0.2) is 18.5 Å². The minimum Gasteiger partial charge on any atom is -0.486 e. The molecule has 1 aliphatic rings. The zero-order valence-corrected chi connectivity index (χ0v) is 14.8. The molecule has 1 heterocycles. The summed E-state index contributed by atoms with van der Waals surface area (Å²) in [5.74, 6) is 0.905. The molecule has 7 heteroatoms. The normalized spacial score (nSPS) is 12.3. The van der Waals surface area contributed by atoms with Gasteiger partial charge in [-0.25, -0.2) is 10.2 Å². The maximum absolute atomic E-state index is 12.0. The number of carbonyl (C=O) groups excluding carboxylic acids is 2. The van der Waals surface area contributed by atoms with Crippen LogP contribution >= 0.6 is 0 Å². The fraction of sp³-hybridized carbons (Fsp3) is 0.368. The van der Waals surface area contributed by atoms with E-state index in [1.807, 2.05) is 13.0 Å². The quantitative estimate of drug-likeness (QED) is 0.693. The first kappa shape index (κ1) is 17.8. The smallest absolute Gasteiger partial charge is 0.333 e. The Morgan fingerprint density at radius 2 is 1.96 bits per heavy atom. The number of rotatable bonds is 6. The van der Waals surface area contributed by atoms with Gasteiger partial charge >= 0.3 is 11.9 Å². The van der Waals surface area contributed by atoms with Crippen molar-refractivity contribution in [1.82, 2.24) is 16.2 Å². The van der Waals surface area contributed by atoms with Crippen LogP contribution in [0.2, 0.25) is 0 Å². The standard InChI is InChI=1S/C19H23N3O4/c1-2-10-20-19(24)22-21-18(23)17-9-8-16(26-17)12-25-15-7-6-13-4-3-5-14(13)11-15/h6-9,11H,2-5,10,12H2,1H3,(H,21,23)(H2,20,22,24). The molecule has 3 amide bonds. The van der Waals surface area contributed by atoms with Gasteiger partial charge in [0.15, 0.2) is 5.76 Å². The van der Waals surface area contributed by atoms with Gasteiger partial charge in [0.1, 0.15) is 18.1 Å². The van der Waals surface area contributed by atoms with Gasteiger partial charge in [-0.1, -0.05) is 13.0 Å². The fourth-order valence-corrected chi connectivity index (χ4v) is 2.83. The molecule has 2 aromatic rings. The van der Waals surface area contributed by atoms with E-state index in [9.17, 15) is 9.59 Å². The second-order valence-electron chi connectivity index (χ2n) is 6.17. The molecule has 0 fully saturated rings. The van der Waals surface area contributed by atoms with Gasteiger partial charge in [-0.15, -0.1) is 0 Å². The number of benzene rings is 1. The predicted molar refractivity (Wildman–Crippen MR) is 95.8 cm³/mol. The van der Waals surface area contributed by atoms with E-state index in [1.165, 1.54) is 17.5 Å². The molecule has 138 valence electrons. The van der Waals surface area contributed by atoms with Crippen molar-refractivity contribution in [3.8, 4) is 5.75 Å². The molecule has 3 N–H and O–H groups in total. The number of furan rings is 1. The van der Waals surface area contributed by atoms with E-state index in [0.717, 1.165) is 25.0 Å². The topological polar surface area (TPSA) is 92.6 Å². The molecule has 0 atom stereocenters. The van der Waals surface area contributed by atoms with Gasteiger partial charge in [-0.05, 0) is 61.1 Å². The summed E-state index contributed by atoms with van der Waals surface area (Å²) >= 11 is 0. The summed E-state index contributed by atoms with van der Waals surface area (Å²) in [5.41, 5.74) is 7.29. The molecule has 1 aromatic carbocycles. The second kappa shape index (κ2) is 8.42. The third kappa shape index (κ3) is 4.56. The van der Waals surface area contributed by atoms with E-state index in [2.05, 4.69) is 28.3 Å². The van der Waals surface area contributed by atoms with Gasteiger partial charge in [-0.3, -0.25) is 10.2 Å². The first-order chi connectivity index (χ1) is 12.7. The van der Waals surface area contributed by atoms with Gasteiger partial charge in [0.25, 0.3) is 0 Å². The summed E-state index contributed by atoms with van der Waals surface area (Å²) in [4.78, 5) is 23.3. The van der Waals surface area contributed by atoms with Crippen LogP contribution in [0.4, 0.5) is 4.79 Å². The fourth-order valence-electron chi connectivity index (χ4n) is 2.83. The lowest BCUT2D eigenvalue weighted by atomic mass is 10.1. The molecule has 0 spiro atoms. The number of urea groups is 1. The van der Waals surface area contributed by atoms with Crippen LogP contribution in [0.15, 0.2) is 34.7 Å². The molecule has 26 heavy (non-hydrogen) atoms. The Balaban J connectivity index is 1.48. The monoisotopic (exact) mass is 357 g/mol. The lowest BCUT2D eigenvalue weighted by Gasteiger charge is -2.07. The van der Waals surface area contributed by atoms with Crippen molar-refractivity contribution in [2.24, 2.45) is 0 Å². The van der Waals surface area contributed by atoms with E-state index in [0.29, 0.717) is 12.3 Å². The lowest BCUT2D eigenvalue weighted by molar-refractivity contribution is 0.0904. The van der Waals surface area contributed by atoms with Crippen LogP contribution in [-0.2, 0) is 19.4 Å². The molecular weight excluding hydrogens is 334 g/mol. The maximum atomic E-state index is 12.0. The highest BCUT2D eigenvalue weighted by molar-refractivity contribution is 5.92. The van der Waals surface area contributed by atoms with Crippen molar-refractivity contribution >= 4 is 11.9 Å². The average Bonchev–Trinajstić information content (AvgIpc) is 3.31. The number of aryl methyl sites for hydroxylation is 2. The third-order valence-corrected chi connectivity index (χ3v) is 4.16. The van der Waals surface area contributed by atoms with E-state index in [1.54, 1.807) is 12.1 Å². The summed E-state index contributed by atoms with van der Waals surface area (Å²) < 4.78 is 11.2. The van der Waals surface area contributed by atoms with Crippen LogP contribution in [0, 0.1) is 0 Å². The molecule has 0 radical (unpaired) electrons. The molecule has 0 unspecified atom stereocenters. The lowest BCUT2D eigenvalue weighted by Crippen LogP contribution is -2.47. The Morgan fingerprint density at radius 3 is 2.81 bits per heavy atom. The van der Waals surface area contributed by atoms with Crippen molar-refractivity contribution in [1.29, 1.82) is 0 Å². The van der Waals surface area contributed by atoms with Crippen LogP contribution in [0.1, 0.15) is 47.2 Å². The van der Waals surface area contributed by atoms with Crippen molar-refractivity contribution in [3.05, 3.63) is 53.0 Å². The molecule has 0 bridgehead atoms. The third-order valence-electron chi connectivity index (χ3n) is 4.16. The highest BCUT2D eigenvalue weighted by atomic mass is 16.5. The summed E-state index contributed by atoms with van der Waals surface area (Å²) in [7, 11) is 0. The van der Waals surface area contributed by atoms with Gasteiger partial charge in [-0.2, -0.15) is 0 Å². The molecule has 1 aliphatic carbocycles. The zero-order valence-electron chi connectivity index (χ0n) is 14.8. The first-order valence-electron chi connectivity index (χ1n) is 8.83. The number of hydrogen-bond acceptors (Lipinski definition) is 4. The Morgan fingerprint density at radius 1 is 1.12 bits per heavy atom. The van der Waals surface area contributed by atoms with Crippen molar-refractivity contribution < 1.29 is 18.7 Å². The Hall–Kier alpha value is -2.96. The summed E-state index contributed by atoms with van der Waals surface area (Å²) in [6.07, 6.45) is 4.24. The number of ether oxygens (including phenoxy) is 1. The predicted octanol–water partition coefficient (Wildman–Crippen LogP) is 2.70. The number of carbonyl (C=O) groups is 2. The average molecular weight is 357 g/mol. The van der Waals surface area contributed by atoms with Gasteiger partial charge in [0, 0.05) is 6.54 Å². The minimum absolute atomic E-state index is 0.105. The first-order valence-corrected chi connectivity index (χ1v) is 8.83. The van der Waals surface area contributed by atoms with Gasteiger partial charge in [0.05, 0.1) is 0 Å². The molecule has 3 rings (SSSR count). The maximum Gasteiger partial charge on any atom is 0.333 e. The van der Waals surface area contributed by atoms with Crippen molar-refractivity contribution in [2.45, 2.75) is 39.2 Å². The van der Waals surface area contributed by atoms with E-state index < -0.39 is 11.9 Å². The number of nitrogens with one attached hydrogen (secondary N) is 3. The van der Waals surface area contributed by atoms with Gasteiger partial charge < -0.3 is 14.5 Å². The number of amides is 3. The largest absolute Gasteiger partial charge is 0.486 e. The van der Waals surface area contributed by atoms with E-state index >= 15 is 0 Å². The summed E-state index contributed by atoms with van der Waals surface area (Å²) in [6, 6.07) is 8.89.